The van der Waals surface area contributed by atoms with E-state index in [2.05, 4.69) is 9.44 Å². The minimum absolute atomic E-state index is 0.0267. The molecule has 0 amide bonds. The van der Waals surface area contributed by atoms with Gasteiger partial charge in [0.25, 0.3) is 0 Å². The third kappa shape index (κ3) is 3.68. The molecule has 2 rings (SSSR count). The van der Waals surface area contributed by atoms with Crippen LogP contribution in [-0.2, 0) is 14.4 Å². The molecular formula is C15H12N2O3S. The van der Waals surface area contributed by atoms with Crippen LogP contribution in [-0.4, -0.2) is 14.6 Å². The van der Waals surface area contributed by atoms with Gasteiger partial charge in [-0.3, -0.25) is 4.28 Å². The summed E-state index contributed by atoms with van der Waals surface area (Å²) in [6.07, 6.45) is 1.20. The van der Waals surface area contributed by atoms with Crippen LogP contribution in [0, 0.1) is 18.3 Å². The van der Waals surface area contributed by atoms with Crippen molar-refractivity contribution in [2.24, 2.45) is 5.16 Å². The third-order valence-electron chi connectivity index (χ3n) is 2.72. The second-order valence-corrected chi connectivity index (χ2v) is 5.80. The average Bonchev–Trinajstić information content (AvgIpc) is 2.48. The molecule has 6 heteroatoms. The van der Waals surface area contributed by atoms with Crippen molar-refractivity contribution in [3.63, 3.8) is 0 Å². The molecule has 0 bridgehead atoms. The van der Waals surface area contributed by atoms with Gasteiger partial charge in [0.15, 0.2) is 0 Å². The van der Waals surface area contributed by atoms with Gasteiger partial charge >= 0.3 is 10.1 Å². The maximum absolute atomic E-state index is 11.9. The number of oxime groups is 1. The molecular weight excluding hydrogens is 288 g/mol. The van der Waals surface area contributed by atoms with E-state index in [0.29, 0.717) is 11.1 Å². The predicted molar refractivity (Wildman–Crippen MR) is 78.2 cm³/mol. The minimum atomic E-state index is -3.95. The lowest BCUT2D eigenvalue weighted by Crippen LogP contribution is -2.02. The number of hydrogen-bond acceptors (Lipinski definition) is 5. The largest absolute Gasteiger partial charge is 0.358 e. The Morgan fingerprint density at radius 1 is 1.14 bits per heavy atom. The second kappa shape index (κ2) is 6.20. The van der Waals surface area contributed by atoms with Crippen molar-refractivity contribution >= 4 is 16.3 Å². The summed E-state index contributed by atoms with van der Waals surface area (Å²) in [6.45, 7) is 1.86. The summed E-state index contributed by atoms with van der Waals surface area (Å²) in [5.41, 5.74) is 1.82. The van der Waals surface area contributed by atoms with Crippen molar-refractivity contribution in [1.82, 2.24) is 0 Å². The Hall–Kier alpha value is -2.65. The number of nitriles is 1. The van der Waals surface area contributed by atoms with Gasteiger partial charge in [-0.05, 0) is 25.1 Å². The van der Waals surface area contributed by atoms with Crippen molar-refractivity contribution in [3.05, 3.63) is 65.2 Å². The first-order chi connectivity index (χ1) is 10.0. The number of aryl methyl sites for hydroxylation is 1. The van der Waals surface area contributed by atoms with E-state index in [-0.39, 0.29) is 4.90 Å². The van der Waals surface area contributed by atoms with Crippen LogP contribution < -0.4 is 0 Å². The highest BCUT2D eigenvalue weighted by molar-refractivity contribution is 7.86. The molecule has 0 fully saturated rings. The molecule has 0 aromatic heterocycles. The first-order valence-corrected chi connectivity index (χ1v) is 7.46. The summed E-state index contributed by atoms with van der Waals surface area (Å²) in [4.78, 5) is 0.0267. The van der Waals surface area contributed by atoms with Crippen LogP contribution in [0.4, 0.5) is 0 Å². The number of rotatable bonds is 4. The third-order valence-corrected chi connectivity index (χ3v) is 3.86. The van der Waals surface area contributed by atoms with Gasteiger partial charge in [-0.2, -0.15) is 13.7 Å². The molecule has 0 N–H and O–H groups in total. The molecule has 0 atom stereocenters. The zero-order valence-corrected chi connectivity index (χ0v) is 12.0. The summed E-state index contributed by atoms with van der Waals surface area (Å²) in [7, 11) is -3.95. The smallest absolute Gasteiger partial charge is 0.265 e. The highest BCUT2D eigenvalue weighted by Crippen LogP contribution is 2.13. The van der Waals surface area contributed by atoms with Crippen LogP contribution in [0.2, 0.25) is 0 Å². The molecule has 0 spiro atoms. The van der Waals surface area contributed by atoms with Gasteiger partial charge in [0.05, 0.1) is 17.8 Å². The minimum Gasteiger partial charge on any atom is -0.265 e. The number of hydrogen-bond donors (Lipinski definition) is 0. The van der Waals surface area contributed by atoms with Crippen LogP contribution in [0.25, 0.3) is 0 Å². The van der Waals surface area contributed by atoms with E-state index < -0.39 is 10.1 Å². The molecule has 21 heavy (non-hydrogen) atoms. The van der Waals surface area contributed by atoms with Crippen molar-refractivity contribution in [2.75, 3.05) is 0 Å². The molecule has 0 heterocycles. The van der Waals surface area contributed by atoms with Crippen LogP contribution in [0.3, 0.4) is 0 Å². The van der Waals surface area contributed by atoms with Gasteiger partial charge in [0, 0.05) is 5.56 Å². The van der Waals surface area contributed by atoms with Crippen molar-refractivity contribution < 1.29 is 12.7 Å². The maximum Gasteiger partial charge on any atom is 0.358 e. The van der Waals surface area contributed by atoms with Gasteiger partial charge in [0.2, 0.25) is 0 Å². The monoisotopic (exact) mass is 300 g/mol. The Morgan fingerprint density at radius 2 is 1.81 bits per heavy atom. The summed E-state index contributed by atoms with van der Waals surface area (Å²) < 4.78 is 28.4. The van der Waals surface area contributed by atoms with Crippen LogP contribution in [0.5, 0.6) is 0 Å². The number of benzene rings is 2. The highest BCUT2D eigenvalue weighted by atomic mass is 32.2. The van der Waals surface area contributed by atoms with E-state index in [0.717, 1.165) is 5.56 Å². The second-order valence-electron chi connectivity index (χ2n) is 4.28. The topological polar surface area (TPSA) is 79.5 Å². The Kier molecular flexibility index (Phi) is 4.36. The fourth-order valence-corrected chi connectivity index (χ4v) is 2.31. The quantitative estimate of drug-likeness (QED) is 0.642. The van der Waals surface area contributed by atoms with E-state index >= 15 is 0 Å². The van der Waals surface area contributed by atoms with Crippen LogP contribution >= 0.6 is 0 Å². The molecule has 0 aliphatic rings. The molecule has 0 saturated carbocycles. The Bertz CT molecular complexity index is 804. The first-order valence-electron chi connectivity index (χ1n) is 6.06. The lowest BCUT2D eigenvalue weighted by Gasteiger charge is -2.01. The molecule has 2 aromatic rings. The molecule has 0 aliphatic carbocycles. The lowest BCUT2D eigenvalue weighted by atomic mass is 10.1. The van der Waals surface area contributed by atoms with Gasteiger partial charge in [-0.15, -0.1) is 0 Å². The van der Waals surface area contributed by atoms with E-state index in [1.807, 2.05) is 13.0 Å². The molecule has 5 nitrogen and oxygen atoms in total. The fraction of sp³-hybridized carbons (Fsp3) is 0.0667. The molecule has 106 valence electrons. The molecule has 0 aliphatic heterocycles. The first kappa shape index (κ1) is 14.8. The van der Waals surface area contributed by atoms with Crippen molar-refractivity contribution in [3.8, 4) is 6.07 Å². The standard InChI is InChI=1S/C15H12N2O3S/c1-12-6-8-15(9-7-12)21(18,19)20-17-11-14-5-3-2-4-13(14)10-16/h2-9,11H,1H3. The number of nitrogens with zero attached hydrogens (tertiary/aromatic N) is 2. The van der Waals surface area contributed by atoms with Gasteiger partial charge in [-0.25, -0.2) is 0 Å². The van der Waals surface area contributed by atoms with E-state index in [1.54, 1.807) is 36.4 Å². The predicted octanol–water partition coefficient (Wildman–Crippen LogP) is 2.61. The van der Waals surface area contributed by atoms with Crippen LogP contribution in [0.1, 0.15) is 16.7 Å². The van der Waals surface area contributed by atoms with Crippen LogP contribution in [0.15, 0.2) is 58.6 Å². The van der Waals surface area contributed by atoms with Crippen molar-refractivity contribution in [1.29, 1.82) is 5.26 Å². The Labute approximate surface area is 123 Å². The van der Waals surface area contributed by atoms with Gasteiger partial charge < -0.3 is 0 Å². The normalized spacial score (nSPS) is 11.2. The van der Waals surface area contributed by atoms with E-state index in [9.17, 15) is 8.42 Å². The summed E-state index contributed by atoms with van der Waals surface area (Å²) >= 11 is 0. The Balaban J connectivity index is 2.17. The zero-order chi connectivity index (χ0) is 15.3. The Morgan fingerprint density at radius 3 is 2.48 bits per heavy atom. The SMILES string of the molecule is Cc1ccc(S(=O)(=O)ON=Cc2ccccc2C#N)cc1. The molecule has 0 saturated heterocycles. The summed E-state index contributed by atoms with van der Waals surface area (Å²) in [5, 5.41) is 12.4. The van der Waals surface area contributed by atoms with E-state index in [4.69, 9.17) is 5.26 Å². The average molecular weight is 300 g/mol. The van der Waals surface area contributed by atoms with Crippen molar-refractivity contribution in [2.45, 2.75) is 11.8 Å². The lowest BCUT2D eigenvalue weighted by molar-refractivity contribution is 0.341. The fourth-order valence-electron chi connectivity index (χ4n) is 1.59. The van der Waals surface area contributed by atoms with Gasteiger partial charge in [-0.1, -0.05) is 41.1 Å². The summed E-state index contributed by atoms with van der Waals surface area (Å²) in [6, 6.07) is 14.9. The molecule has 2 aromatic carbocycles. The molecule has 0 radical (unpaired) electrons. The molecule has 0 unspecified atom stereocenters. The highest BCUT2D eigenvalue weighted by Gasteiger charge is 2.14. The summed E-state index contributed by atoms with van der Waals surface area (Å²) in [5.74, 6) is 0. The maximum atomic E-state index is 11.9. The van der Waals surface area contributed by atoms with Gasteiger partial charge in [0.1, 0.15) is 4.90 Å². The zero-order valence-electron chi connectivity index (χ0n) is 11.2. The van der Waals surface area contributed by atoms with E-state index in [1.165, 1.54) is 18.3 Å².